The number of ether oxygens (including phenoxy) is 4. The van der Waals surface area contributed by atoms with E-state index in [9.17, 15) is 9.59 Å². The highest BCUT2D eigenvalue weighted by Gasteiger charge is 2.21. The van der Waals surface area contributed by atoms with Crippen LogP contribution >= 0.6 is 22.9 Å². The number of nitrogens with zero attached hydrogens (tertiary/aromatic N) is 1. The molecule has 32 heavy (non-hydrogen) atoms. The lowest BCUT2D eigenvalue weighted by atomic mass is 10.2. The number of hydrogen-bond donors (Lipinski definition) is 0. The van der Waals surface area contributed by atoms with Gasteiger partial charge in [0, 0.05) is 21.7 Å². The van der Waals surface area contributed by atoms with Crippen molar-refractivity contribution < 1.29 is 28.5 Å². The van der Waals surface area contributed by atoms with Gasteiger partial charge in [-0.3, -0.25) is 4.79 Å². The lowest BCUT2D eigenvalue weighted by Crippen LogP contribution is -2.34. The van der Waals surface area contributed by atoms with Crippen molar-refractivity contribution in [2.45, 2.75) is 6.54 Å². The number of fused-ring (bicyclic) bond motifs is 1. The van der Waals surface area contributed by atoms with Crippen molar-refractivity contribution in [1.29, 1.82) is 0 Å². The molecule has 0 spiro atoms. The number of carbonyl (C=O) groups excluding carboxylic acids is 2. The number of benzene rings is 2. The molecule has 0 N–H and O–H groups in total. The molecule has 1 amide bonds. The van der Waals surface area contributed by atoms with Gasteiger partial charge in [-0.25, -0.2) is 4.79 Å². The lowest BCUT2D eigenvalue weighted by molar-refractivity contribution is -0.149. The smallest absolute Gasteiger partial charge is 0.344 e. The zero-order valence-electron chi connectivity index (χ0n) is 17.0. The van der Waals surface area contributed by atoms with Gasteiger partial charge in [0.1, 0.15) is 19.0 Å². The van der Waals surface area contributed by atoms with Crippen LogP contribution in [0.1, 0.15) is 4.88 Å². The van der Waals surface area contributed by atoms with Gasteiger partial charge in [-0.05, 0) is 47.8 Å². The van der Waals surface area contributed by atoms with Crippen LogP contribution in [0.4, 0.5) is 5.69 Å². The third-order valence-corrected chi connectivity index (χ3v) is 5.67. The van der Waals surface area contributed by atoms with E-state index in [0.29, 0.717) is 47.7 Å². The van der Waals surface area contributed by atoms with Crippen LogP contribution in [0.2, 0.25) is 5.02 Å². The molecule has 0 saturated heterocycles. The zero-order valence-corrected chi connectivity index (χ0v) is 18.6. The molecular weight excluding hydrogens is 454 g/mol. The predicted molar refractivity (Wildman–Crippen MR) is 121 cm³/mol. The summed E-state index contributed by atoms with van der Waals surface area (Å²) in [5.41, 5.74) is 0.626. The number of amides is 1. The summed E-state index contributed by atoms with van der Waals surface area (Å²) in [6.45, 7) is 0.542. The van der Waals surface area contributed by atoms with Gasteiger partial charge in [0.15, 0.2) is 24.7 Å². The van der Waals surface area contributed by atoms with E-state index in [2.05, 4.69) is 0 Å². The Labute approximate surface area is 194 Å². The normalized spacial score (nSPS) is 12.2. The number of thiophene rings is 1. The van der Waals surface area contributed by atoms with E-state index in [4.69, 9.17) is 30.5 Å². The van der Waals surface area contributed by atoms with Crippen LogP contribution in [0.25, 0.3) is 0 Å². The molecule has 9 heteroatoms. The molecule has 1 aliphatic heterocycles. The Morgan fingerprint density at radius 3 is 2.53 bits per heavy atom. The summed E-state index contributed by atoms with van der Waals surface area (Å²) in [6.07, 6.45) is 0. The summed E-state index contributed by atoms with van der Waals surface area (Å²) in [7, 11) is 0. The Kier molecular flexibility index (Phi) is 7.14. The van der Waals surface area contributed by atoms with E-state index >= 15 is 0 Å². The molecule has 2 aromatic carbocycles. The Balaban J connectivity index is 1.40. The maximum atomic E-state index is 13.0. The van der Waals surface area contributed by atoms with E-state index < -0.39 is 12.6 Å². The second kappa shape index (κ2) is 10.4. The molecule has 2 heterocycles. The highest BCUT2D eigenvalue weighted by molar-refractivity contribution is 7.09. The first-order valence-corrected chi connectivity index (χ1v) is 11.1. The van der Waals surface area contributed by atoms with E-state index in [1.165, 1.54) is 11.3 Å². The Morgan fingerprint density at radius 1 is 1.00 bits per heavy atom. The van der Waals surface area contributed by atoms with Gasteiger partial charge in [-0.15, -0.1) is 11.3 Å². The van der Waals surface area contributed by atoms with Gasteiger partial charge in [0.25, 0.3) is 5.91 Å². The van der Waals surface area contributed by atoms with Crippen LogP contribution in [0.5, 0.6) is 17.2 Å². The van der Waals surface area contributed by atoms with E-state index in [1.807, 2.05) is 17.5 Å². The monoisotopic (exact) mass is 473 g/mol. The largest absolute Gasteiger partial charge is 0.486 e. The maximum absolute atomic E-state index is 13.0. The number of hydrogen-bond acceptors (Lipinski definition) is 7. The summed E-state index contributed by atoms with van der Waals surface area (Å²) in [5.74, 6) is 0.676. The van der Waals surface area contributed by atoms with Crippen LogP contribution < -0.4 is 19.1 Å². The average Bonchev–Trinajstić information content (AvgIpc) is 3.34. The third-order valence-electron chi connectivity index (χ3n) is 4.56. The highest BCUT2D eigenvalue weighted by Crippen LogP contribution is 2.34. The predicted octanol–water partition coefficient (Wildman–Crippen LogP) is 4.33. The van der Waals surface area contributed by atoms with Gasteiger partial charge >= 0.3 is 5.97 Å². The third kappa shape index (κ3) is 5.72. The first-order chi connectivity index (χ1) is 15.6. The van der Waals surface area contributed by atoms with Crippen molar-refractivity contribution in [1.82, 2.24) is 0 Å². The van der Waals surface area contributed by atoms with Crippen molar-refractivity contribution >= 4 is 40.5 Å². The molecule has 166 valence electrons. The van der Waals surface area contributed by atoms with E-state index in [1.54, 1.807) is 47.4 Å². The molecule has 3 aromatic rings. The summed E-state index contributed by atoms with van der Waals surface area (Å²) >= 11 is 7.36. The molecular formula is C23H20ClNO6S. The molecule has 4 rings (SSSR count). The first kappa shape index (κ1) is 22.0. The summed E-state index contributed by atoms with van der Waals surface area (Å²) in [5, 5.41) is 2.51. The van der Waals surface area contributed by atoms with Crippen LogP contribution in [0.3, 0.4) is 0 Å². The topological polar surface area (TPSA) is 74.3 Å². The summed E-state index contributed by atoms with van der Waals surface area (Å²) in [6, 6.07) is 15.8. The van der Waals surface area contributed by atoms with Crippen molar-refractivity contribution in [3.8, 4) is 17.2 Å². The van der Waals surface area contributed by atoms with E-state index in [0.717, 1.165) is 4.88 Å². The summed E-state index contributed by atoms with van der Waals surface area (Å²) < 4.78 is 21.7. The van der Waals surface area contributed by atoms with Crippen LogP contribution in [0.15, 0.2) is 60.0 Å². The van der Waals surface area contributed by atoms with E-state index in [-0.39, 0.29) is 12.5 Å². The highest BCUT2D eigenvalue weighted by atomic mass is 35.5. The minimum absolute atomic E-state index is 0.316. The number of carbonyl (C=O) groups is 2. The molecule has 7 nitrogen and oxygen atoms in total. The standard InChI is InChI=1S/C23H20ClNO6S/c24-16-3-6-18(7-4-16)30-15-23(27)31-14-22(26)25(13-19-2-1-11-32-19)17-5-8-20-21(12-17)29-10-9-28-20/h1-8,11-12H,9-10,13-15H2. The Hall–Kier alpha value is -3.23. The molecule has 0 aliphatic carbocycles. The Morgan fingerprint density at radius 2 is 1.78 bits per heavy atom. The van der Waals surface area contributed by atoms with Crippen LogP contribution in [-0.2, 0) is 20.9 Å². The molecule has 0 unspecified atom stereocenters. The molecule has 0 fully saturated rings. The van der Waals surface area contributed by atoms with Crippen molar-refractivity contribution in [3.05, 3.63) is 69.9 Å². The van der Waals surface area contributed by atoms with Crippen LogP contribution in [0, 0.1) is 0 Å². The second-order valence-corrected chi connectivity index (χ2v) is 8.26. The quantitative estimate of drug-likeness (QED) is 0.453. The average molecular weight is 474 g/mol. The first-order valence-electron chi connectivity index (χ1n) is 9.85. The van der Waals surface area contributed by atoms with Gasteiger partial charge in [0.05, 0.1) is 6.54 Å². The maximum Gasteiger partial charge on any atom is 0.344 e. The number of rotatable bonds is 8. The molecule has 0 atom stereocenters. The fraction of sp³-hybridized carbons (Fsp3) is 0.217. The SMILES string of the molecule is O=C(COc1ccc(Cl)cc1)OCC(=O)N(Cc1cccs1)c1ccc2c(c1)OCCO2. The zero-order chi connectivity index (χ0) is 22.3. The fourth-order valence-corrected chi connectivity index (χ4v) is 3.84. The lowest BCUT2D eigenvalue weighted by Gasteiger charge is -2.25. The molecule has 0 saturated carbocycles. The molecule has 1 aliphatic rings. The van der Waals surface area contributed by atoms with Crippen molar-refractivity contribution in [3.63, 3.8) is 0 Å². The van der Waals surface area contributed by atoms with Gasteiger partial charge in [0.2, 0.25) is 0 Å². The van der Waals surface area contributed by atoms with Gasteiger partial charge in [-0.2, -0.15) is 0 Å². The van der Waals surface area contributed by atoms with Crippen molar-refractivity contribution in [2.24, 2.45) is 0 Å². The minimum atomic E-state index is -0.647. The number of halogens is 1. The molecule has 0 radical (unpaired) electrons. The Bertz CT molecular complexity index is 1070. The van der Waals surface area contributed by atoms with Crippen LogP contribution in [-0.4, -0.2) is 38.3 Å². The van der Waals surface area contributed by atoms with Gasteiger partial charge in [-0.1, -0.05) is 17.7 Å². The summed E-state index contributed by atoms with van der Waals surface area (Å²) in [4.78, 5) is 27.6. The number of anilines is 1. The minimum Gasteiger partial charge on any atom is -0.486 e. The second-order valence-electron chi connectivity index (χ2n) is 6.79. The number of esters is 1. The fourth-order valence-electron chi connectivity index (χ4n) is 3.02. The van der Waals surface area contributed by atoms with Gasteiger partial charge < -0.3 is 23.8 Å². The molecule has 0 bridgehead atoms. The molecule has 1 aromatic heterocycles. The van der Waals surface area contributed by atoms with Crippen molar-refractivity contribution in [2.75, 3.05) is 31.3 Å².